The number of rotatable bonds is 3. The van der Waals surface area contributed by atoms with Crippen LogP contribution in [0.1, 0.15) is 26.0 Å². The third-order valence-corrected chi connectivity index (χ3v) is 5.31. The molecule has 2 heterocycles. The highest BCUT2D eigenvalue weighted by atomic mass is 16.5. The first-order chi connectivity index (χ1) is 9.39. The maximum Gasteiger partial charge on any atom is 0.241 e. The molecule has 3 N–H and O–H groups in total. The van der Waals surface area contributed by atoms with Gasteiger partial charge in [0.15, 0.2) is 0 Å². The highest BCUT2D eigenvalue weighted by molar-refractivity contribution is 5.89. The predicted octanol–water partition coefficient (Wildman–Crippen LogP) is 0.784. The van der Waals surface area contributed by atoms with E-state index in [0.717, 1.165) is 12.1 Å². The number of hydrogen-bond donors (Lipinski definition) is 2. The van der Waals surface area contributed by atoms with E-state index in [1.54, 1.807) is 0 Å². The van der Waals surface area contributed by atoms with Crippen molar-refractivity contribution in [3.05, 3.63) is 24.0 Å². The fourth-order valence-electron chi connectivity index (χ4n) is 3.84. The summed E-state index contributed by atoms with van der Waals surface area (Å²) in [6, 6.07) is 3.96. The van der Waals surface area contributed by atoms with Gasteiger partial charge in [0.25, 0.3) is 0 Å². The smallest absolute Gasteiger partial charge is 0.241 e. The summed E-state index contributed by atoms with van der Waals surface area (Å²) >= 11 is 0. The van der Waals surface area contributed by atoms with Crippen molar-refractivity contribution < 1.29 is 9.53 Å². The predicted molar refractivity (Wildman–Crippen MR) is 75.8 cm³/mol. The number of nitrogens with one attached hydrogen (secondary N) is 1. The molecule has 110 valence electrons. The van der Waals surface area contributed by atoms with Crippen LogP contribution < -0.4 is 11.1 Å². The average molecular weight is 277 g/mol. The Kier molecular flexibility index (Phi) is 2.95. The summed E-state index contributed by atoms with van der Waals surface area (Å²) in [5.41, 5.74) is 6.42. The highest BCUT2D eigenvalue weighted by Crippen LogP contribution is 2.58. The molecule has 0 spiro atoms. The van der Waals surface area contributed by atoms with Crippen molar-refractivity contribution in [1.82, 2.24) is 9.88 Å². The number of nitrogens with two attached hydrogens (primary N) is 1. The number of fused-ring (bicyclic) bond motifs is 1. The van der Waals surface area contributed by atoms with Crippen LogP contribution in [0.15, 0.2) is 18.3 Å². The summed E-state index contributed by atoms with van der Waals surface area (Å²) in [6.45, 7) is 5.28. The van der Waals surface area contributed by atoms with Crippen LogP contribution in [0, 0.1) is 11.3 Å². The SMILES string of the molecule is Cn1cccc1CNC(=O)C1(N)C2CCOC2C1(C)C. The number of amides is 1. The second-order valence-corrected chi connectivity index (χ2v) is 6.57. The first-order valence-electron chi connectivity index (χ1n) is 7.18. The van der Waals surface area contributed by atoms with E-state index >= 15 is 0 Å². The average Bonchev–Trinajstić information content (AvgIpc) is 3.03. The van der Waals surface area contributed by atoms with E-state index < -0.39 is 5.54 Å². The fraction of sp³-hybridized carbons (Fsp3) is 0.667. The van der Waals surface area contributed by atoms with Crippen molar-refractivity contribution >= 4 is 5.91 Å². The normalized spacial score (nSPS) is 34.4. The molecule has 1 aliphatic heterocycles. The Hall–Kier alpha value is -1.33. The zero-order chi connectivity index (χ0) is 14.5. The molecule has 2 fully saturated rings. The molecule has 20 heavy (non-hydrogen) atoms. The Morgan fingerprint density at radius 1 is 1.60 bits per heavy atom. The lowest BCUT2D eigenvalue weighted by molar-refractivity contribution is -0.175. The lowest BCUT2D eigenvalue weighted by Crippen LogP contribution is -2.80. The number of carbonyl (C=O) groups is 1. The van der Waals surface area contributed by atoms with Crippen LogP contribution in [0.5, 0.6) is 0 Å². The van der Waals surface area contributed by atoms with Crippen LogP contribution in [-0.4, -0.2) is 28.7 Å². The van der Waals surface area contributed by atoms with E-state index in [2.05, 4.69) is 5.32 Å². The standard InChI is InChI=1S/C15H23N3O2/c1-14(2)12-11(6-8-20-12)15(14,16)13(19)17-9-10-5-4-7-18(10)3/h4-5,7,11-12H,6,8-9,16H2,1-3H3,(H,17,19). The lowest BCUT2D eigenvalue weighted by Gasteiger charge is -2.60. The second-order valence-electron chi connectivity index (χ2n) is 6.57. The molecule has 2 aliphatic rings. The molecule has 3 unspecified atom stereocenters. The highest BCUT2D eigenvalue weighted by Gasteiger charge is 2.71. The molecule has 0 aromatic carbocycles. The Morgan fingerprint density at radius 3 is 3.00 bits per heavy atom. The third-order valence-electron chi connectivity index (χ3n) is 5.31. The van der Waals surface area contributed by atoms with Gasteiger partial charge >= 0.3 is 0 Å². The third kappa shape index (κ3) is 1.59. The summed E-state index contributed by atoms with van der Waals surface area (Å²) in [7, 11) is 1.97. The molecule has 1 saturated heterocycles. The van der Waals surface area contributed by atoms with Gasteiger partial charge in [0, 0.05) is 36.9 Å². The lowest BCUT2D eigenvalue weighted by atomic mass is 9.48. The number of ether oxygens (including phenoxy) is 1. The number of nitrogens with zero attached hydrogens (tertiary/aromatic N) is 1. The molecule has 3 rings (SSSR count). The molecule has 5 heteroatoms. The van der Waals surface area contributed by atoms with Crippen LogP contribution in [0.2, 0.25) is 0 Å². The Labute approximate surface area is 119 Å². The van der Waals surface area contributed by atoms with Crippen LogP contribution in [0.4, 0.5) is 0 Å². The number of aryl methyl sites for hydroxylation is 1. The Bertz CT molecular complexity index is 537. The second kappa shape index (κ2) is 4.33. The molecule has 1 aliphatic carbocycles. The zero-order valence-corrected chi connectivity index (χ0v) is 12.3. The molecule has 3 atom stereocenters. The number of aromatic nitrogens is 1. The van der Waals surface area contributed by atoms with Crippen molar-refractivity contribution in [3.8, 4) is 0 Å². The van der Waals surface area contributed by atoms with Crippen molar-refractivity contribution in [1.29, 1.82) is 0 Å². The first kappa shape index (κ1) is 13.6. The molecule has 5 nitrogen and oxygen atoms in total. The minimum Gasteiger partial charge on any atom is -0.377 e. The summed E-state index contributed by atoms with van der Waals surface area (Å²) in [4.78, 5) is 12.6. The van der Waals surface area contributed by atoms with Gasteiger partial charge < -0.3 is 20.4 Å². The molecular formula is C15H23N3O2. The van der Waals surface area contributed by atoms with Gasteiger partial charge in [-0.1, -0.05) is 13.8 Å². The van der Waals surface area contributed by atoms with E-state index in [-0.39, 0.29) is 23.3 Å². The molecule has 1 amide bonds. The fourth-order valence-corrected chi connectivity index (χ4v) is 3.84. The topological polar surface area (TPSA) is 69.3 Å². The molecule has 0 radical (unpaired) electrons. The van der Waals surface area contributed by atoms with Gasteiger partial charge in [-0.25, -0.2) is 0 Å². The monoisotopic (exact) mass is 277 g/mol. The minimum absolute atomic E-state index is 0.0598. The van der Waals surface area contributed by atoms with Gasteiger partial charge in [-0.15, -0.1) is 0 Å². The number of hydrogen-bond acceptors (Lipinski definition) is 3. The summed E-state index contributed by atoms with van der Waals surface area (Å²) in [6.07, 6.45) is 2.96. The Balaban J connectivity index is 1.72. The van der Waals surface area contributed by atoms with E-state index in [4.69, 9.17) is 10.5 Å². The van der Waals surface area contributed by atoms with E-state index in [9.17, 15) is 4.79 Å². The van der Waals surface area contributed by atoms with E-state index in [1.807, 2.05) is 43.8 Å². The van der Waals surface area contributed by atoms with Crippen LogP contribution in [0.3, 0.4) is 0 Å². The maximum atomic E-state index is 12.6. The quantitative estimate of drug-likeness (QED) is 0.858. The maximum absolute atomic E-state index is 12.6. The molecule has 1 aromatic rings. The largest absolute Gasteiger partial charge is 0.377 e. The van der Waals surface area contributed by atoms with Gasteiger partial charge in [0.05, 0.1) is 12.6 Å². The van der Waals surface area contributed by atoms with Crippen LogP contribution in [0.25, 0.3) is 0 Å². The van der Waals surface area contributed by atoms with Gasteiger partial charge in [-0.2, -0.15) is 0 Å². The summed E-state index contributed by atoms with van der Waals surface area (Å²) in [5, 5.41) is 3.00. The summed E-state index contributed by atoms with van der Waals surface area (Å²) in [5.74, 6) is 0.0846. The molecule has 1 aromatic heterocycles. The van der Waals surface area contributed by atoms with Crippen molar-refractivity contribution in [3.63, 3.8) is 0 Å². The van der Waals surface area contributed by atoms with E-state index in [0.29, 0.717) is 13.2 Å². The zero-order valence-electron chi connectivity index (χ0n) is 12.3. The van der Waals surface area contributed by atoms with Gasteiger partial charge in [0.1, 0.15) is 5.54 Å². The van der Waals surface area contributed by atoms with Crippen LogP contribution in [-0.2, 0) is 23.1 Å². The van der Waals surface area contributed by atoms with Gasteiger partial charge in [-0.3, -0.25) is 4.79 Å². The minimum atomic E-state index is -0.820. The Morgan fingerprint density at radius 2 is 2.35 bits per heavy atom. The first-order valence-corrected chi connectivity index (χ1v) is 7.18. The molecule has 1 saturated carbocycles. The molecule has 0 bridgehead atoms. The molecular weight excluding hydrogens is 254 g/mol. The number of carbonyl (C=O) groups excluding carboxylic acids is 1. The van der Waals surface area contributed by atoms with Crippen molar-refractivity contribution in [2.24, 2.45) is 24.1 Å². The van der Waals surface area contributed by atoms with Crippen molar-refractivity contribution in [2.45, 2.75) is 38.5 Å². The summed E-state index contributed by atoms with van der Waals surface area (Å²) < 4.78 is 7.72. The van der Waals surface area contributed by atoms with Crippen molar-refractivity contribution in [2.75, 3.05) is 6.61 Å². The van der Waals surface area contributed by atoms with Gasteiger partial charge in [-0.05, 0) is 18.6 Å². The van der Waals surface area contributed by atoms with Crippen LogP contribution >= 0.6 is 0 Å². The van der Waals surface area contributed by atoms with Gasteiger partial charge in [0.2, 0.25) is 5.91 Å². The van der Waals surface area contributed by atoms with E-state index in [1.165, 1.54) is 0 Å².